The van der Waals surface area contributed by atoms with Crippen molar-refractivity contribution in [3.8, 4) is 5.75 Å². The number of nitrogens with one attached hydrogen (secondary N) is 1. The van der Waals surface area contributed by atoms with Gasteiger partial charge in [-0.2, -0.15) is 5.48 Å². The van der Waals surface area contributed by atoms with Gasteiger partial charge in [0.05, 0.1) is 20.8 Å². The molecule has 0 aliphatic heterocycles. The van der Waals surface area contributed by atoms with Crippen molar-refractivity contribution in [1.82, 2.24) is 5.48 Å². The predicted molar refractivity (Wildman–Crippen MR) is 57.6 cm³/mol. The first-order chi connectivity index (χ1) is 7.33. The van der Waals surface area contributed by atoms with Gasteiger partial charge in [-0.15, -0.1) is 0 Å². The molecule has 0 spiro atoms. The van der Waals surface area contributed by atoms with Gasteiger partial charge in [-0.25, -0.2) is 0 Å². The molecule has 4 nitrogen and oxygen atoms in total. The molecule has 0 unspecified atom stereocenters. The number of rotatable bonds is 6. The SMILES string of the molecule is COCc1cccc(CNOC)c1OC. The lowest BCUT2D eigenvalue weighted by molar-refractivity contribution is 0.0860. The van der Waals surface area contributed by atoms with E-state index in [4.69, 9.17) is 14.3 Å². The van der Waals surface area contributed by atoms with Gasteiger partial charge in [0.25, 0.3) is 0 Å². The molecule has 0 amide bonds. The molecule has 0 bridgehead atoms. The summed E-state index contributed by atoms with van der Waals surface area (Å²) in [5, 5.41) is 0. The second-order valence-corrected chi connectivity index (χ2v) is 3.07. The van der Waals surface area contributed by atoms with Gasteiger partial charge < -0.3 is 14.3 Å². The Kier molecular flexibility index (Phi) is 5.10. The third-order valence-electron chi connectivity index (χ3n) is 2.09. The van der Waals surface area contributed by atoms with Crippen LogP contribution < -0.4 is 10.2 Å². The van der Waals surface area contributed by atoms with Crippen molar-refractivity contribution in [2.24, 2.45) is 0 Å². The highest BCUT2D eigenvalue weighted by atomic mass is 16.6. The van der Waals surface area contributed by atoms with Gasteiger partial charge in [-0.3, -0.25) is 0 Å². The summed E-state index contributed by atoms with van der Waals surface area (Å²) < 4.78 is 10.4. The van der Waals surface area contributed by atoms with Crippen LogP contribution in [0.3, 0.4) is 0 Å². The molecule has 84 valence electrons. The van der Waals surface area contributed by atoms with Crippen LogP contribution in [0.2, 0.25) is 0 Å². The summed E-state index contributed by atoms with van der Waals surface area (Å²) in [4.78, 5) is 4.81. The Labute approximate surface area is 90.1 Å². The van der Waals surface area contributed by atoms with Crippen LogP contribution in [-0.2, 0) is 22.7 Å². The molecule has 15 heavy (non-hydrogen) atoms. The molecule has 0 fully saturated rings. The van der Waals surface area contributed by atoms with Crippen molar-refractivity contribution in [2.45, 2.75) is 13.2 Å². The Morgan fingerprint density at radius 3 is 2.47 bits per heavy atom. The van der Waals surface area contributed by atoms with Crippen LogP contribution in [0.4, 0.5) is 0 Å². The first kappa shape index (κ1) is 12.0. The van der Waals surface area contributed by atoms with Crippen LogP contribution >= 0.6 is 0 Å². The van der Waals surface area contributed by atoms with E-state index in [2.05, 4.69) is 5.48 Å². The van der Waals surface area contributed by atoms with Gasteiger partial charge in [0, 0.05) is 24.8 Å². The standard InChI is InChI=1S/C11H17NO3/c1-13-8-10-6-4-5-9(7-12-15-3)11(10)14-2/h4-6,12H,7-8H2,1-3H3. The molecule has 0 aromatic heterocycles. The fourth-order valence-corrected chi connectivity index (χ4v) is 1.46. The van der Waals surface area contributed by atoms with Crippen LogP contribution in [0.25, 0.3) is 0 Å². The molecular weight excluding hydrogens is 194 g/mol. The van der Waals surface area contributed by atoms with Crippen molar-refractivity contribution in [3.05, 3.63) is 29.3 Å². The lowest BCUT2D eigenvalue weighted by atomic mass is 10.1. The Morgan fingerprint density at radius 1 is 1.13 bits per heavy atom. The van der Waals surface area contributed by atoms with Gasteiger partial charge in [-0.05, 0) is 0 Å². The molecule has 4 heteroatoms. The Hall–Kier alpha value is -1.10. The molecule has 1 rings (SSSR count). The van der Waals surface area contributed by atoms with E-state index < -0.39 is 0 Å². The fourth-order valence-electron chi connectivity index (χ4n) is 1.46. The monoisotopic (exact) mass is 211 g/mol. The number of ether oxygens (including phenoxy) is 2. The topological polar surface area (TPSA) is 39.7 Å². The summed E-state index contributed by atoms with van der Waals surface area (Å²) in [5.41, 5.74) is 4.88. The molecule has 0 saturated heterocycles. The minimum absolute atomic E-state index is 0.546. The van der Waals surface area contributed by atoms with Gasteiger partial charge in [-0.1, -0.05) is 18.2 Å². The minimum atomic E-state index is 0.546. The summed E-state index contributed by atoms with van der Waals surface area (Å²) in [6, 6.07) is 5.95. The largest absolute Gasteiger partial charge is 0.496 e. The Balaban J connectivity index is 2.88. The number of methoxy groups -OCH3 is 2. The normalized spacial score (nSPS) is 10.3. The van der Waals surface area contributed by atoms with Crippen molar-refractivity contribution in [3.63, 3.8) is 0 Å². The van der Waals surface area contributed by atoms with E-state index in [0.29, 0.717) is 13.2 Å². The molecular formula is C11H17NO3. The predicted octanol–water partition coefficient (Wildman–Crippen LogP) is 1.49. The average molecular weight is 211 g/mol. The average Bonchev–Trinajstić information content (AvgIpc) is 2.27. The number of hydrogen-bond acceptors (Lipinski definition) is 4. The first-order valence-corrected chi connectivity index (χ1v) is 4.73. The van der Waals surface area contributed by atoms with E-state index in [-0.39, 0.29) is 0 Å². The molecule has 0 aliphatic carbocycles. The van der Waals surface area contributed by atoms with E-state index in [0.717, 1.165) is 16.9 Å². The van der Waals surface area contributed by atoms with E-state index in [1.165, 1.54) is 0 Å². The van der Waals surface area contributed by atoms with Crippen LogP contribution in [0.5, 0.6) is 5.75 Å². The highest BCUT2D eigenvalue weighted by Crippen LogP contribution is 2.24. The quantitative estimate of drug-likeness (QED) is 0.724. The summed E-state index contributed by atoms with van der Waals surface area (Å²) in [7, 11) is 4.91. The molecule has 1 aromatic carbocycles. The van der Waals surface area contributed by atoms with E-state index >= 15 is 0 Å². The second-order valence-electron chi connectivity index (χ2n) is 3.07. The second kappa shape index (κ2) is 6.40. The minimum Gasteiger partial charge on any atom is -0.496 e. The van der Waals surface area contributed by atoms with Gasteiger partial charge >= 0.3 is 0 Å². The Morgan fingerprint density at radius 2 is 1.87 bits per heavy atom. The zero-order chi connectivity index (χ0) is 11.1. The first-order valence-electron chi connectivity index (χ1n) is 4.73. The third-order valence-corrected chi connectivity index (χ3v) is 2.09. The van der Waals surface area contributed by atoms with Crippen molar-refractivity contribution >= 4 is 0 Å². The maximum atomic E-state index is 5.35. The van der Waals surface area contributed by atoms with Crippen LogP contribution in [0.1, 0.15) is 11.1 Å². The van der Waals surface area contributed by atoms with Crippen LogP contribution in [-0.4, -0.2) is 21.3 Å². The number of benzene rings is 1. The smallest absolute Gasteiger partial charge is 0.128 e. The highest BCUT2D eigenvalue weighted by molar-refractivity contribution is 5.41. The van der Waals surface area contributed by atoms with E-state index in [1.807, 2.05) is 18.2 Å². The van der Waals surface area contributed by atoms with Gasteiger partial charge in [0.2, 0.25) is 0 Å². The van der Waals surface area contributed by atoms with Crippen molar-refractivity contribution < 1.29 is 14.3 Å². The van der Waals surface area contributed by atoms with E-state index in [9.17, 15) is 0 Å². The van der Waals surface area contributed by atoms with Crippen LogP contribution in [0.15, 0.2) is 18.2 Å². The summed E-state index contributed by atoms with van der Waals surface area (Å²) in [6.45, 7) is 1.15. The summed E-state index contributed by atoms with van der Waals surface area (Å²) in [5.74, 6) is 0.851. The third kappa shape index (κ3) is 3.20. The number of hydroxylamine groups is 1. The zero-order valence-corrected chi connectivity index (χ0v) is 9.37. The zero-order valence-electron chi connectivity index (χ0n) is 9.37. The molecule has 0 atom stereocenters. The lowest BCUT2D eigenvalue weighted by Gasteiger charge is -2.13. The molecule has 1 aromatic rings. The van der Waals surface area contributed by atoms with Crippen molar-refractivity contribution in [2.75, 3.05) is 21.3 Å². The fraction of sp³-hybridized carbons (Fsp3) is 0.455. The van der Waals surface area contributed by atoms with Gasteiger partial charge in [0.15, 0.2) is 0 Å². The maximum absolute atomic E-state index is 5.35. The summed E-state index contributed by atoms with van der Waals surface area (Å²) >= 11 is 0. The molecule has 0 saturated carbocycles. The maximum Gasteiger partial charge on any atom is 0.128 e. The highest BCUT2D eigenvalue weighted by Gasteiger charge is 2.07. The molecule has 0 radical (unpaired) electrons. The number of para-hydroxylation sites is 1. The number of hydrogen-bond donors (Lipinski definition) is 1. The Bertz CT molecular complexity index is 302. The van der Waals surface area contributed by atoms with E-state index in [1.54, 1.807) is 21.3 Å². The molecule has 0 heterocycles. The van der Waals surface area contributed by atoms with Gasteiger partial charge in [0.1, 0.15) is 5.75 Å². The molecule has 0 aliphatic rings. The lowest BCUT2D eigenvalue weighted by Crippen LogP contribution is -2.12. The molecule has 1 N–H and O–H groups in total. The van der Waals surface area contributed by atoms with Crippen LogP contribution in [0, 0.1) is 0 Å². The summed E-state index contributed by atoms with van der Waals surface area (Å²) in [6.07, 6.45) is 0. The van der Waals surface area contributed by atoms with Crippen molar-refractivity contribution in [1.29, 1.82) is 0 Å².